The number of rotatable bonds is 12. The van der Waals surface area contributed by atoms with Crippen molar-refractivity contribution < 1.29 is 14.3 Å². The Hall–Kier alpha value is -2.67. The Labute approximate surface area is 176 Å². The first-order valence-electron chi connectivity index (χ1n) is 9.65. The number of methoxy groups -OCH3 is 1. The summed E-state index contributed by atoms with van der Waals surface area (Å²) in [5.41, 5.74) is 1.48. The lowest BCUT2D eigenvalue weighted by molar-refractivity contribution is -0.123. The number of amides is 2. The van der Waals surface area contributed by atoms with Gasteiger partial charge in [-0.25, -0.2) is 0 Å². The van der Waals surface area contributed by atoms with Crippen molar-refractivity contribution in [1.29, 1.82) is 0 Å². The first-order chi connectivity index (χ1) is 14.2. The molecule has 2 aromatic carbocycles. The molecule has 0 aliphatic carbocycles. The summed E-state index contributed by atoms with van der Waals surface area (Å²) in [6.07, 6.45) is 3.33. The standard InChI is InChI=1S/C22H29N3O3S/c1-28-20-12-7-6-11-18(20)21(26)25-19(13-16-29-2)22(27)24-15-8-14-23-17-9-4-3-5-10-17/h3-7,9-12,19,23H,8,13-16H2,1-2H3,(H,24,27)(H,25,26). The molecular formula is C22H29N3O3S. The Morgan fingerprint density at radius 2 is 1.76 bits per heavy atom. The zero-order valence-corrected chi connectivity index (χ0v) is 17.8. The fourth-order valence-electron chi connectivity index (χ4n) is 2.78. The normalized spacial score (nSPS) is 11.4. The molecule has 0 aromatic heterocycles. The van der Waals surface area contributed by atoms with E-state index >= 15 is 0 Å². The molecule has 0 bridgehead atoms. The highest BCUT2D eigenvalue weighted by atomic mass is 32.2. The Morgan fingerprint density at radius 1 is 1.03 bits per heavy atom. The van der Waals surface area contributed by atoms with Gasteiger partial charge in [0, 0.05) is 18.8 Å². The van der Waals surface area contributed by atoms with E-state index in [1.54, 1.807) is 36.0 Å². The van der Waals surface area contributed by atoms with E-state index in [-0.39, 0.29) is 11.8 Å². The van der Waals surface area contributed by atoms with Crippen molar-refractivity contribution in [2.24, 2.45) is 0 Å². The van der Waals surface area contributed by atoms with Gasteiger partial charge in [-0.3, -0.25) is 9.59 Å². The van der Waals surface area contributed by atoms with E-state index in [9.17, 15) is 9.59 Å². The van der Waals surface area contributed by atoms with Crippen LogP contribution < -0.4 is 20.7 Å². The van der Waals surface area contributed by atoms with E-state index in [0.717, 1.165) is 24.4 Å². The lowest BCUT2D eigenvalue weighted by Gasteiger charge is -2.19. The van der Waals surface area contributed by atoms with Gasteiger partial charge >= 0.3 is 0 Å². The van der Waals surface area contributed by atoms with Gasteiger partial charge in [0.05, 0.1) is 12.7 Å². The van der Waals surface area contributed by atoms with E-state index in [0.29, 0.717) is 24.3 Å². The lowest BCUT2D eigenvalue weighted by atomic mass is 10.1. The second-order valence-corrected chi connectivity index (χ2v) is 7.43. The molecule has 2 aromatic rings. The Bertz CT molecular complexity index is 771. The zero-order valence-electron chi connectivity index (χ0n) is 16.9. The summed E-state index contributed by atoms with van der Waals surface area (Å²) in [6, 6.07) is 16.3. The van der Waals surface area contributed by atoms with Gasteiger partial charge in [-0.1, -0.05) is 30.3 Å². The van der Waals surface area contributed by atoms with Crippen LogP contribution in [0.4, 0.5) is 5.69 Å². The van der Waals surface area contributed by atoms with Crippen LogP contribution in [0.25, 0.3) is 0 Å². The molecule has 0 aliphatic heterocycles. The molecule has 0 radical (unpaired) electrons. The minimum atomic E-state index is -0.582. The van der Waals surface area contributed by atoms with Crippen molar-refractivity contribution in [2.45, 2.75) is 18.9 Å². The average Bonchev–Trinajstić information content (AvgIpc) is 2.76. The van der Waals surface area contributed by atoms with Crippen LogP contribution in [-0.4, -0.2) is 50.1 Å². The largest absolute Gasteiger partial charge is 0.496 e. The molecule has 1 unspecified atom stereocenters. The first-order valence-corrected chi connectivity index (χ1v) is 11.0. The quantitative estimate of drug-likeness (QED) is 0.464. The first kappa shape index (κ1) is 22.6. The highest BCUT2D eigenvalue weighted by Crippen LogP contribution is 2.17. The average molecular weight is 416 g/mol. The summed E-state index contributed by atoms with van der Waals surface area (Å²) in [7, 11) is 1.52. The smallest absolute Gasteiger partial charge is 0.255 e. The summed E-state index contributed by atoms with van der Waals surface area (Å²) in [5.74, 6) is 0.789. The Kier molecular flexibility index (Phi) is 9.92. The number of hydrogen-bond donors (Lipinski definition) is 3. The third-order valence-corrected chi connectivity index (χ3v) is 4.98. The maximum atomic E-state index is 12.6. The molecule has 6 nitrogen and oxygen atoms in total. The molecule has 2 amide bonds. The number of thioether (sulfide) groups is 1. The van der Waals surface area contributed by atoms with Crippen LogP contribution in [0.1, 0.15) is 23.2 Å². The summed E-state index contributed by atoms with van der Waals surface area (Å²) in [5, 5.41) is 9.09. The molecule has 7 heteroatoms. The van der Waals surface area contributed by atoms with Gasteiger partial charge in [0.1, 0.15) is 11.8 Å². The lowest BCUT2D eigenvalue weighted by Crippen LogP contribution is -2.47. The molecule has 0 aliphatic rings. The van der Waals surface area contributed by atoms with Crippen LogP contribution in [-0.2, 0) is 4.79 Å². The van der Waals surface area contributed by atoms with E-state index in [1.807, 2.05) is 36.6 Å². The zero-order chi connectivity index (χ0) is 20.9. The van der Waals surface area contributed by atoms with Gasteiger partial charge in [-0.2, -0.15) is 11.8 Å². The van der Waals surface area contributed by atoms with Gasteiger partial charge in [0.15, 0.2) is 0 Å². The number of benzene rings is 2. The number of carbonyl (C=O) groups excluding carboxylic acids is 2. The van der Waals surface area contributed by atoms with Crippen LogP contribution in [0, 0.1) is 0 Å². The number of nitrogens with one attached hydrogen (secondary N) is 3. The van der Waals surface area contributed by atoms with Crippen LogP contribution in [0.2, 0.25) is 0 Å². The van der Waals surface area contributed by atoms with E-state index in [2.05, 4.69) is 16.0 Å². The maximum Gasteiger partial charge on any atom is 0.255 e. The SMILES string of the molecule is COc1ccccc1C(=O)NC(CCSC)C(=O)NCCCNc1ccccc1. The monoisotopic (exact) mass is 415 g/mol. The number of carbonyl (C=O) groups is 2. The number of ether oxygens (including phenoxy) is 1. The predicted molar refractivity (Wildman–Crippen MR) is 120 cm³/mol. The number of hydrogen-bond acceptors (Lipinski definition) is 5. The summed E-state index contributed by atoms with van der Waals surface area (Å²) in [4.78, 5) is 25.3. The topological polar surface area (TPSA) is 79.5 Å². The third kappa shape index (κ3) is 7.69. The Morgan fingerprint density at radius 3 is 2.48 bits per heavy atom. The van der Waals surface area contributed by atoms with E-state index in [4.69, 9.17) is 4.74 Å². The molecule has 0 spiro atoms. The second kappa shape index (κ2) is 12.7. The van der Waals surface area contributed by atoms with Crippen LogP contribution >= 0.6 is 11.8 Å². The number of para-hydroxylation sites is 2. The van der Waals surface area contributed by atoms with E-state index < -0.39 is 6.04 Å². The molecule has 0 saturated carbocycles. The molecule has 0 fully saturated rings. The molecule has 1 atom stereocenters. The molecule has 29 heavy (non-hydrogen) atoms. The maximum absolute atomic E-state index is 12.6. The minimum Gasteiger partial charge on any atom is -0.496 e. The van der Waals surface area contributed by atoms with Gasteiger partial charge in [0.2, 0.25) is 5.91 Å². The van der Waals surface area contributed by atoms with Crippen LogP contribution in [0.15, 0.2) is 54.6 Å². The molecule has 0 heterocycles. The van der Waals surface area contributed by atoms with Gasteiger partial charge in [-0.05, 0) is 49.1 Å². The van der Waals surface area contributed by atoms with Gasteiger partial charge in [0.25, 0.3) is 5.91 Å². The van der Waals surface area contributed by atoms with Crippen molar-refractivity contribution in [3.63, 3.8) is 0 Å². The van der Waals surface area contributed by atoms with Crippen LogP contribution in [0.5, 0.6) is 5.75 Å². The molecule has 0 saturated heterocycles. The highest BCUT2D eigenvalue weighted by molar-refractivity contribution is 7.98. The third-order valence-electron chi connectivity index (χ3n) is 4.34. The van der Waals surface area contributed by atoms with Crippen molar-refractivity contribution >= 4 is 29.3 Å². The molecule has 3 N–H and O–H groups in total. The van der Waals surface area contributed by atoms with Gasteiger partial charge < -0.3 is 20.7 Å². The Balaban J connectivity index is 1.84. The fraction of sp³-hybridized carbons (Fsp3) is 0.364. The molecular weight excluding hydrogens is 386 g/mol. The summed E-state index contributed by atoms with van der Waals surface area (Å²) >= 11 is 1.64. The van der Waals surface area contributed by atoms with Crippen molar-refractivity contribution in [3.8, 4) is 5.75 Å². The fourth-order valence-corrected chi connectivity index (χ4v) is 3.26. The highest BCUT2D eigenvalue weighted by Gasteiger charge is 2.22. The predicted octanol–water partition coefficient (Wildman–Crippen LogP) is 3.17. The van der Waals surface area contributed by atoms with Crippen molar-refractivity contribution in [3.05, 3.63) is 60.2 Å². The van der Waals surface area contributed by atoms with E-state index in [1.165, 1.54) is 7.11 Å². The number of anilines is 1. The molecule has 2 rings (SSSR count). The van der Waals surface area contributed by atoms with Crippen molar-refractivity contribution in [1.82, 2.24) is 10.6 Å². The second-order valence-electron chi connectivity index (χ2n) is 6.45. The summed E-state index contributed by atoms with van der Waals surface area (Å²) < 4.78 is 5.25. The van der Waals surface area contributed by atoms with Crippen LogP contribution in [0.3, 0.4) is 0 Å². The summed E-state index contributed by atoms with van der Waals surface area (Å²) in [6.45, 7) is 1.30. The molecule has 156 valence electrons. The van der Waals surface area contributed by atoms with Crippen molar-refractivity contribution in [2.75, 3.05) is 37.5 Å². The van der Waals surface area contributed by atoms with Gasteiger partial charge in [-0.15, -0.1) is 0 Å². The minimum absolute atomic E-state index is 0.165.